The lowest BCUT2D eigenvalue weighted by Crippen LogP contribution is -2.41. The van der Waals surface area contributed by atoms with Crippen LogP contribution in [0.1, 0.15) is 65.2 Å². The molecule has 4 aliphatic rings. The molecule has 108 valence electrons. The average molecular weight is 268 g/mol. The van der Waals surface area contributed by atoms with Crippen LogP contribution in [0, 0.1) is 23.2 Å². The number of hydrogen-bond donors (Lipinski definition) is 0. The molecule has 0 aromatic carbocycles. The van der Waals surface area contributed by atoms with Crippen molar-refractivity contribution in [3.63, 3.8) is 0 Å². The van der Waals surface area contributed by atoms with Crippen molar-refractivity contribution in [2.75, 3.05) is 0 Å². The van der Waals surface area contributed by atoms with Crippen molar-refractivity contribution in [1.82, 2.24) is 0 Å². The maximum absolute atomic E-state index is 2.58. The lowest BCUT2D eigenvalue weighted by Gasteiger charge is -2.50. The van der Waals surface area contributed by atoms with E-state index >= 15 is 0 Å². The van der Waals surface area contributed by atoms with E-state index in [0.717, 1.165) is 17.8 Å². The SMILES string of the molecule is CC=C1CC[C@H]2[C@@H]3CCC4=C(CCC=C4)[C@H]3CC[C@]12C. The fourth-order valence-corrected chi connectivity index (χ4v) is 6.17. The summed E-state index contributed by atoms with van der Waals surface area (Å²) in [6.45, 7) is 4.85. The molecule has 0 N–H and O–H groups in total. The second kappa shape index (κ2) is 4.61. The van der Waals surface area contributed by atoms with Crippen molar-refractivity contribution in [1.29, 1.82) is 0 Å². The van der Waals surface area contributed by atoms with Gasteiger partial charge in [-0.15, -0.1) is 0 Å². The van der Waals surface area contributed by atoms with Gasteiger partial charge in [-0.3, -0.25) is 0 Å². The predicted octanol–water partition coefficient (Wildman–Crippen LogP) is 5.82. The first-order chi connectivity index (χ1) is 9.74. The molecule has 0 unspecified atom stereocenters. The standard InChI is InChI=1S/C20H28/c1-3-15-9-11-19-18-10-8-14-6-4-5-7-16(14)17(18)12-13-20(15,19)2/h3-4,6,17-19H,5,7-13H2,1-2H3/t17-,18-,19+,20-/m1/s1. The summed E-state index contributed by atoms with van der Waals surface area (Å²) in [7, 11) is 0. The molecule has 0 saturated heterocycles. The van der Waals surface area contributed by atoms with Crippen LogP contribution in [-0.2, 0) is 0 Å². The van der Waals surface area contributed by atoms with E-state index in [9.17, 15) is 0 Å². The molecule has 0 heterocycles. The summed E-state index contributed by atoms with van der Waals surface area (Å²) >= 11 is 0. The van der Waals surface area contributed by atoms with Gasteiger partial charge in [-0.1, -0.05) is 36.3 Å². The highest BCUT2D eigenvalue weighted by Crippen LogP contribution is 2.62. The Balaban J connectivity index is 1.69. The molecule has 0 aromatic rings. The number of hydrogen-bond acceptors (Lipinski definition) is 0. The van der Waals surface area contributed by atoms with Gasteiger partial charge in [0, 0.05) is 0 Å². The monoisotopic (exact) mass is 268 g/mol. The van der Waals surface area contributed by atoms with Gasteiger partial charge >= 0.3 is 0 Å². The maximum atomic E-state index is 2.58. The Morgan fingerprint density at radius 3 is 2.90 bits per heavy atom. The summed E-state index contributed by atoms with van der Waals surface area (Å²) < 4.78 is 0. The molecule has 2 fully saturated rings. The van der Waals surface area contributed by atoms with Crippen molar-refractivity contribution in [3.8, 4) is 0 Å². The van der Waals surface area contributed by atoms with E-state index in [1.165, 1.54) is 51.4 Å². The summed E-state index contributed by atoms with van der Waals surface area (Å²) in [5.41, 5.74) is 5.94. The molecule has 4 aliphatic carbocycles. The molecular weight excluding hydrogens is 240 g/mol. The molecule has 0 amide bonds. The molecule has 20 heavy (non-hydrogen) atoms. The predicted molar refractivity (Wildman–Crippen MR) is 85.4 cm³/mol. The Morgan fingerprint density at radius 2 is 2.05 bits per heavy atom. The van der Waals surface area contributed by atoms with E-state index in [0.29, 0.717) is 5.41 Å². The molecule has 0 nitrogen and oxygen atoms in total. The summed E-state index contributed by atoms with van der Waals surface area (Å²) in [4.78, 5) is 0. The molecule has 0 aromatic heterocycles. The third-order valence-electron chi connectivity index (χ3n) is 7.14. The largest absolute Gasteiger partial charge is 0.0879 e. The minimum Gasteiger partial charge on any atom is -0.0879 e. The van der Waals surface area contributed by atoms with E-state index < -0.39 is 0 Å². The van der Waals surface area contributed by atoms with Gasteiger partial charge in [0.2, 0.25) is 0 Å². The smallest absolute Gasteiger partial charge is 0.00851 e. The Bertz CT molecular complexity index is 504. The molecule has 4 atom stereocenters. The van der Waals surface area contributed by atoms with Gasteiger partial charge in [-0.2, -0.15) is 0 Å². The zero-order valence-electron chi connectivity index (χ0n) is 13.1. The second-order valence-corrected chi connectivity index (χ2v) is 7.72. The van der Waals surface area contributed by atoms with Crippen LogP contribution >= 0.6 is 0 Å². The van der Waals surface area contributed by atoms with Crippen molar-refractivity contribution in [2.45, 2.75) is 65.2 Å². The van der Waals surface area contributed by atoms with E-state index in [4.69, 9.17) is 0 Å². The first-order valence-corrected chi connectivity index (χ1v) is 8.78. The van der Waals surface area contributed by atoms with Crippen molar-refractivity contribution < 1.29 is 0 Å². The van der Waals surface area contributed by atoms with Gasteiger partial charge in [-0.05, 0) is 87.0 Å². The van der Waals surface area contributed by atoms with Crippen LogP contribution in [-0.4, -0.2) is 0 Å². The van der Waals surface area contributed by atoms with E-state index in [1.807, 2.05) is 5.57 Å². The lowest BCUT2D eigenvalue weighted by molar-refractivity contribution is 0.0625. The zero-order valence-corrected chi connectivity index (χ0v) is 13.1. The Kier molecular flexibility index (Phi) is 2.98. The van der Waals surface area contributed by atoms with Crippen LogP contribution in [0.2, 0.25) is 0 Å². The van der Waals surface area contributed by atoms with Gasteiger partial charge in [0.05, 0.1) is 0 Å². The highest BCUT2D eigenvalue weighted by Gasteiger charge is 2.52. The van der Waals surface area contributed by atoms with Crippen LogP contribution in [0.25, 0.3) is 0 Å². The summed E-state index contributed by atoms with van der Waals surface area (Å²) in [5.74, 6) is 2.92. The third kappa shape index (κ3) is 1.66. The van der Waals surface area contributed by atoms with Crippen LogP contribution in [0.4, 0.5) is 0 Å². The van der Waals surface area contributed by atoms with Crippen molar-refractivity contribution >= 4 is 0 Å². The Labute approximate surface area is 124 Å². The minimum absolute atomic E-state index is 0.554. The van der Waals surface area contributed by atoms with Gasteiger partial charge in [0.1, 0.15) is 0 Å². The molecule has 0 heteroatoms. The normalized spacial score (nSPS) is 45.3. The topological polar surface area (TPSA) is 0 Å². The van der Waals surface area contributed by atoms with Gasteiger partial charge in [0.25, 0.3) is 0 Å². The minimum atomic E-state index is 0.554. The van der Waals surface area contributed by atoms with Crippen molar-refractivity contribution in [2.24, 2.45) is 23.2 Å². The maximum Gasteiger partial charge on any atom is -0.00851 e. The molecule has 0 radical (unpaired) electrons. The molecule has 2 saturated carbocycles. The summed E-state index contributed by atoms with van der Waals surface area (Å²) in [5, 5.41) is 0. The van der Waals surface area contributed by atoms with Crippen LogP contribution in [0.15, 0.2) is 34.9 Å². The highest BCUT2D eigenvalue weighted by molar-refractivity contribution is 5.36. The van der Waals surface area contributed by atoms with Crippen molar-refractivity contribution in [3.05, 3.63) is 34.9 Å². The number of allylic oxidation sites excluding steroid dienone is 6. The van der Waals surface area contributed by atoms with Gasteiger partial charge in [0.15, 0.2) is 0 Å². The summed E-state index contributed by atoms with van der Waals surface area (Å²) in [6, 6.07) is 0. The van der Waals surface area contributed by atoms with Crippen LogP contribution in [0.3, 0.4) is 0 Å². The fraction of sp³-hybridized carbons (Fsp3) is 0.700. The summed E-state index contributed by atoms with van der Waals surface area (Å²) in [6.07, 6.45) is 18.5. The molecule has 0 bridgehead atoms. The number of fused-ring (bicyclic) bond motifs is 4. The molecule has 0 spiro atoms. The number of rotatable bonds is 0. The van der Waals surface area contributed by atoms with Gasteiger partial charge in [-0.25, -0.2) is 0 Å². The zero-order chi connectivity index (χ0) is 13.7. The van der Waals surface area contributed by atoms with Gasteiger partial charge < -0.3 is 0 Å². The van der Waals surface area contributed by atoms with E-state index in [-0.39, 0.29) is 0 Å². The fourth-order valence-electron chi connectivity index (χ4n) is 6.17. The highest BCUT2D eigenvalue weighted by atomic mass is 14.6. The molecular formula is C20H28. The van der Waals surface area contributed by atoms with E-state index in [1.54, 1.807) is 11.1 Å². The Morgan fingerprint density at radius 1 is 1.15 bits per heavy atom. The molecule has 4 rings (SSSR count). The first-order valence-electron chi connectivity index (χ1n) is 8.78. The average Bonchev–Trinajstić information content (AvgIpc) is 2.83. The second-order valence-electron chi connectivity index (χ2n) is 7.72. The van der Waals surface area contributed by atoms with Crippen LogP contribution in [0.5, 0.6) is 0 Å². The van der Waals surface area contributed by atoms with E-state index in [2.05, 4.69) is 32.1 Å². The van der Waals surface area contributed by atoms with Crippen LogP contribution < -0.4 is 0 Å². The Hall–Kier alpha value is -0.780. The lowest BCUT2D eigenvalue weighted by atomic mass is 9.54. The first kappa shape index (κ1) is 12.9. The quantitative estimate of drug-likeness (QED) is 0.486. The molecule has 0 aliphatic heterocycles. The third-order valence-corrected chi connectivity index (χ3v) is 7.14.